The van der Waals surface area contributed by atoms with Crippen LogP contribution in [0.15, 0.2) is 46.0 Å². The molecular weight excluding hydrogens is 391 g/mol. The lowest BCUT2D eigenvalue weighted by Crippen LogP contribution is -2.35. The predicted molar refractivity (Wildman–Crippen MR) is 127 cm³/mol. The van der Waals surface area contributed by atoms with Gasteiger partial charge in [0.05, 0.1) is 5.70 Å². The van der Waals surface area contributed by atoms with Crippen molar-refractivity contribution in [1.82, 2.24) is 10.2 Å². The van der Waals surface area contributed by atoms with Gasteiger partial charge in [0.15, 0.2) is 0 Å². The summed E-state index contributed by atoms with van der Waals surface area (Å²) in [7, 11) is 3.70. The molecule has 1 aliphatic heterocycles. The molecule has 0 spiro atoms. The van der Waals surface area contributed by atoms with Gasteiger partial charge < -0.3 is 15.3 Å². The first-order valence-electron chi connectivity index (χ1n) is 11.4. The van der Waals surface area contributed by atoms with E-state index in [1.165, 1.54) is 50.3 Å². The fourth-order valence-electron chi connectivity index (χ4n) is 4.25. The third-order valence-corrected chi connectivity index (χ3v) is 6.05. The number of amidine groups is 1. The van der Waals surface area contributed by atoms with Gasteiger partial charge >= 0.3 is 0 Å². The molecule has 3 rings (SSSR count). The lowest BCUT2D eigenvalue weighted by atomic mass is 9.89. The molecule has 2 aliphatic rings. The number of nitrogens with zero attached hydrogens (tertiary/aromatic N) is 3. The Bertz CT molecular complexity index is 853. The maximum Gasteiger partial charge on any atom is 0.131 e. The molecule has 0 aromatic heterocycles. The summed E-state index contributed by atoms with van der Waals surface area (Å²) in [4.78, 5) is 11.1. The number of rotatable bonds is 7. The van der Waals surface area contributed by atoms with Crippen molar-refractivity contribution in [3.63, 3.8) is 0 Å². The minimum absolute atomic E-state index is 0.0242. The molecular formula is C25H35FN4O. The maximum atomic E-state index is 14.5. The Morgan fingerprint density at radius 2 is 2.13 bits per heavy atom. The van der Waals surface area contributed by atoms with Gasteiger partial charge in [-0.25, -0.2) is 9.38 Å². The van der Waals surface area contributed by atoms with Crippen LogP contribution in [0.4, 0.5) is 4.39 Å². The first-order chi connectivity index (χ1) is 15.1. The Morgan fingerprint density at radius 1 is 1.32 bits per heavy atom. The predicted octanol–water partition coefficient (Wildman–Crippen LogP) is 4.79. The highest BCUT2D eigenvalue weighted by molar-refractivity contribution is 6.12. The Hall–Kier alpha value is -2.47. The van der Waals surface area contributed by atoms with Gasteiger partial charge in [-0.2, -0.15) is 0 Å². The molecule has 1 aromatic carbocycles. The van der Waals surface area contributed by atoms with Gasteiger partial charge in [0.1, 0.15) is 17.4 Å². The summed E-state index contributed by atoms with van der Waals surface area (Å²) in [6, 6.07) is 4.06. The molecule has 31 heavy (non-hydrogen) atoms. The fraction of sp³-hybridized carbons (Fsp3) is 0.520. The van der Waals surface area contributed by atoms with Crippen LogP contribution < -0.4 is 5.32 Å². The van der Waals surface area contributed by atoms with Gasteiger partial charge in [0, 0.05) is 44.5 Å². The molecule has 2 N–H and O–H groups in total. The Balaban J connectivity index is 1.72. The molecule has 168 valence electrons. The molecule has 0 unspecified atom stereocenters. The normalized spacial score (nSPS) is 19.4. The third-order valence-electron chi connectivity index (χ3n) is 6.05. The molecule has 6 heteroatoms. The van der Waals surface area contributed by atoms with Crippen LogP contribution >= 0.6 is 0 Å². The number of likely N-dealkylation sites (N-methyl/N-ethyl adjacent to an activating group) is 1. The van der Waals surface area contributed by atoms with Crippen molar-refractivity contribution < 1.29 is 9.50 Å². The van der Waals surface area contributed by atoms with Gasteiger partial charge in [-0.15, -0.1) is 0 Å². The van der Waals surface area contributed by atoms with Crippen LogP contribution in [0.5, 0.6) is 5.75 Å². The Labute approximate surface area is 185 Å². The first-order valence-corrected chi connectivity index (χ1v) is 11.4. The van der Waals surface area contributed by atoms with E-state index in [2.05, 4.69) is 21.3 Å². The number of phenols is 1. The van der Waals surface area contributed by atoms with Crippen LogP contribution in [-0.2, 0) is 0 Å². The number of nitrogens with one attached hydrogen (secondary N) is 1. The number of hydrogen-bond donors (Lipinski definition) is 2. The average molecular weight is 427 g/mol. The third kappa shape index (κ3) is 6.76. The monoisotopic (exact) mass is 426 g/mol. The molecule has 0 saturated heterocycles. The number of hydrogen-bond acceptors (Lipinski definition) is 5. The van der Waals surface area contributed by atoms with E-state index in [4.69, 9.17) is 4.99 Å². The SMILES string of the molecule is CN=C/C(=C1\CCC=CC(N(C)CCNCC2CCCCC2)=N1)c1cc(O)ccc1F. The lowest BCUT2D eigenvalue weighted by molar-refractivity contribution is 0.338. The van der Waals surface area contributed by atoms with E-state index in [1.807, 2.05) is 13.1 Å². The van der Waals surface area contributed by atoms with Crippen molar-refractivity contribution >= 4 is 17.6 Å². The molecule has 1 fully saturated rings. The van der Waals surface area contributed by atoms with Gasteiger partial charge in [-0.1, -0.05) is 25.3 Å². The smallest absolute Gasteiger partial charge is 0.131 e. The molecule has 0 radical (unpaired) electrons. The number of benzene rings is 1. The molecule has 1 aromatic rings. The van der Waals surface area contributed by atoms with Crippen molar-refractivity contribution in [3.8, 4) is 5.75 Å². The van der Waals surface area contributed by atoms with E-state index >= 15 is 0 Å². The lowest BCUT2D eigenvalue weighted by Gasteiger charge is -2.23. The summed E-state index contributed by atoms with van der Waals surface area (Å²) < 4.78 is 14.5. The van der Waals surface area contributed by atoms with Gasteiger partial charge in [-0.05, 0) is 62.4 Å². The van der Waals surface area contributed by atoms with E-state index < -0.39 is 5.82 Å². The van der Waals surface area contributed by atoms with Gasteiger partial charge in [0.25, 0.3) is 0 Å². The van der Waals surface area contributed by atoms with Crippen LogP contribution in [0.3, 0.4) is 0 Å². The van der Waals surface area contributed by atoms with Gasteiger partial charge in [0.2, 0.25) is 0 Å². The summed E-state index contributed by atoms with van der Waals surface area (Å²) in [5.74, 6) is 1.30. The van der Waals surface area contributed by atoms with Gasteiger partial charge in [-0.3, -0.25) is 4.99 Å². The van der Waals surface area contributed by atoms with Crippen molar-refractivity contribution in [2.45, 2.75) is 44.9 Å². The van der Waals surface area contributed by atoms with Crippen molar-refractivity contribution in [1.29, 1.82) is 0 Å². The summed E-state index contributed by atoms with van der Waals surface area (Å²) >= 11 is 0. The van der Waals surface area contributed by atoms with E-state index in [9.17, 15) is 9.50 Å². The van der Waals surface area contributed by atoms with Crippen LogP contribution in [-0.4, -0.2) is 55.8 Å². The first kappa shape index (κ1) is 23.2. The number of halogens is 1. The second kappa shape index (κ2) is 11.8. The number of aromatic hydroxyl groups is 1. The van der Waals surface area contributed by atoms with Crippen LogP contribution in [0.25, 0.3) is 5.57 Å². The van der Waals surface area contributed by atoms with Crippen LogP contribution in [0.2, 0.25) is 0 Å². The highest BCUT2D eigenvalue weighted by atomic mass is 19.1. The fourth-order valence-corrected chi connectivity index (χ4v) is 4.25. The van der Waals surface area contributed by atoms with Crippen LogP contribution in [0.1, 0.15) is 50.5 Å². The zero-order chi connectivity index (χ0) is 22.1. The van der Waals surface area contributed by atoms with E-state index in [0.717, 1.165) is 43.5 Å². The van der Waals surface area contributed by atoms with E-state index in [-0.39, 0.29) is 5.75 Å². The van der Waals surface area contributed by atoms with Crippen molar-refractivity contribution in [3.05, 3.63) is 47.4 Å². The molecule has 0 atom stereocenters. The molecule has 1 aliphatic carbocycles. The topological polar surface area (TPSA) is 60.2 Å². The number of allylic oxidation sites excluding steroid dienone is 3. The second-order valence-corrected chi connectivity index (χ2v) is 8.45. The summed E-state index contributed by atoms with van der Waals surface area (Å²) in [6.45, 7) is 2.85. The molecule has 1 saturated carbocycles. The quantitative estimate of drug-likeness (QED) is 0.487. The van der Waals surface area contributed by atoms with Crippen molar-refractivity contribution in [2.24, 2.45) is 15.9 Å². The molecule has 0 bridgehead atoms. The molecule has 5 nitrogen and oxygen atoms in total. The minimum Gasteiger partial charge on any atom is -0.508 e. The summed E-state index contributed by atoms with van der Waals surface area (Å²) in [5, 5.41) is 13.5. The standard InChI is InChI=1S/C25H35FN4O/c1-27-18-22(21-16-20(31)12-13-23(21)26)24-10-6-7-11-25(29-24)30(2)15-14-28-17-19-8-4-3-5-9-19/h7,11-13,16,18-19,28,31H,3-6,8-10,14-15,17H2,1-2H3/b24-22-,27-18?. The highest BCUT2D eigenvalue weighted by Crippen LogP contribution is 2.28. The molecule has 0 amide bonds. The Morgan fingerprint density at radius 3 is 2.90 bits per heavy atom. The van der Waals surface area contributed by atoms with E-state index in [0.29, 0.717) is 17.6 Å². The highest BCUT2D eigenvalue weighted by Gasteiger charge is 2.16. The number of aliphatic imine (C=N–C) groups is 2. The van der Waals surface area contributed by atoms with Crippen molar-refractivity contribution in [2.75, 3.05) is 33.7 Å². The maximum absolute atomic E-state index is 14.5. The largest absolute Gasteiger partial charge is 0.508 e. The zero-order valence-electron chi connectivity index (χ0n) is 18.8. The Kier molecular flexibility index (Phi) is 8.83. The minimum atomic E-state index is -0.394. The summed E-state index contributed by atoms with van der Waals surface area (Å²) in [6.07, 6.45) is 14.1. The van der Waals surface area contributed by atoms with Crippen LogP contribution in [0, 0.1) is 11.7 Å². The summed E-state index contributed by atoms with van der Waals surface area (Å²) in [5.41, 5.74) is 1.71. The number of phenolic OH excluding ortho intramolecular Hbond substituents is 1. The molecule has 1 heterocycles. The second-order valence-electron chi connectivity index (χ2n) is 8.45. The zero-order valence-corrected chi connectivity index (χ0v) is 18.8. The van der Waals surface area contributed by atoms with E-state index in [1.54, 1.807) is 13.3 Å². The average Bonchev–Trinajstić information content (AvgIpc) is 3.04.